The van der Waals surface area contributed by atoms with Crippen LogP contribution in [-0.2, 0) is 42.2 Å². The second-order valence-corrected chi connectivity index (χ2v) is 20.2. The molecule has 0 fully saturated rings. The maximum Gasteiger partial charge on any atom is 0.0828 e. The van der Waals surface area contributed by atoms with Crippen LogP contribution in [0.15, 0.2) is 0 Å². The van der Waals surface area contributed by atoms with Gasteiger partial charge in [0.15, 0.2) is 0 Å². The van der Waals surface area contributed by atoms with Gasteiger partial charge >= 0.3 is 0 Å². The molecular weight excluding hydrogens is 647 g/mol. The van der Waals surface area contributed by atoms with Crippen LogP contribution in [0.1, 0.15) is 201 Å². The molecule has 0 atom stereocenters. The van der Waals surface area contributed by atoms with Crippen molar-refractivity contribution in [2.45, 2.75) is 222 Å². The van der Waals surface area contributed by atoms with Gasteiger partial charge in [-0.2, -0.15) is 11.8 Å². The van der Waals surface area contributed by atoms with Gasteiger partial charge in [0.05, 0.1) is 11.5 Å². The van der Waals surface area contributed by atoms with Gasteiger partial charge in [-0.05, 0) is 68.5 Å². The summed E-state index contributed by atoms with van der Waals surface area (Å²) in [5.74, 6) is 0.687. The van der Waals surface area contributed by atoms with Crippen LogP contribution in [0.3, 0.4) is 0 Å². The zero-order valence-corrected chi connectivity index (χ0v) is 37.5. The van der Waals surface area contributed by atoms with Gasteiger partial charge in [-0.25, -0.2) is 0 Å². The molecule has 3 nitrogen and oxygen atoms in total. The summed E-state index contributed by atoms with van der Waals surface area (Å²) in [7, 11) is 0. The quantitative estimate of drug-likeness (QED) is 0.0841. The fourth-order valence-electron chi connectivity index (χ4n) is 6.10. The van der Waals surface area contributed by atoms with E-state index in [1.54, 1.807) is 0 Å². The summed E-state index contributed by atoms with van der Waals surface area (Å²) in [5.41, 5.74) is -0.204. The van der Waals surface area contributed by atoms with Gasteiger partial charge < -0.3 is 21.3 Å². The second kappa shape index (κ2) is 23.2. The molecule has 0 saturated heterocycles. The van der Waals surface area contributed by atoms with Crippen molar-refractivity contribution < 1.29 is 42.2 Å². The molecule has 5 heteroatoms. The molecule has 0 aromatic heterocycles. The summed E-state index contributed by atoms with van der Waals surface area (Å²) < 4.78 is 6.66. The minimum absolute atomic E-state index is 0. The van der Waals surface area contributed by atoms with Gasteiger partial charge in [-0.1, -0.05) is 148 Å². The van der Waals surface area contributed by atoms with E-state index in [0.717, 1.165) is 25.7 Å². The minimum atomic E-state index is -0.315. The number of amides is 1. The molecule has 269 valence electrons. The first kappa shape index (κ1) is 50.1. The molecule has 0 aromatic rings. The molecule has 0 aliphatic heterocycles. The van der Waals surface area contributed by atoms with Crippen LogP contribution in [0.2, 0.25) is 0 Å². The Morgan fingerprint density at radius 3 is 1.64 bits per heavy atom. The third-order valence-electron chi connectivity index (χ3n) is 9.35. The van der Waals surface area contributed by atoms with E-state index in [1.165, 1.54) is 57.8 Å². The van der Waals surface area contributed by atoms with Crippen LogP contribution in [0.25, 0.3) is 0 Å². The number of rotatable bonds is 23. The molecule has 45 heavy (non-hydrogen) atoms. The maximum atomic E-state index is 12.7. The SMILES string of the molecule is CCC(C)(C)CC(C)(C)C(C)(C)OCCC(C)(C)NC(=O)[CH-]CC(C)(C)SC(C)(C)CC(C)C.CCCCCCCCCC.[Y]. The van der Waals surface area contributed by atoms with Crippen molar-refractivity contribution in [3.63, 3.8) is 0 Å². The third kappa shape index (κ3) is 26.3. The molecule has 1 N–H and O–H groups in total. The van der Waals surface area contributed by atoms with E-state index in [1.807, 2.05) is 18.2 Å². The number of carbonyl (C=O) groups is 1. The van der Waals surface area contributed by atoms with Crippen LogP contribution in [0, 0.1) is 23.2 Å². The number of thioether (sulfide) groups is 1. The Labute approximate surface area is 314 Å². The predicted molar refractivity (Wildman–Crippen MR) is 202 cm³/mol. The molecule has 0 saturated carbocycles. The first-order valence-electron chi connectivity index (χ1n) is 18.4. The summed E-state index contributed by atoms with van der Waals surface area (Å²) in [6.45, 7) is 39.0. The molecule has 0 rings (SSSR count). The van der Waals surface area contributed by atoms with Crippen LogP contribution in [0.4, 0.5) is 0 Å². The van der Waals surface area contributed by atoms with Crippen LogP contribution >= 0.6 is 11.8 Å². The Hall–Kier alpha value is 0.754. The van der Waals surface area contributed by atoms with E-state index in [9.17, 15) is 4.79 Å². The summed E-state index contributed by atoms with van der Waals surface area (Å²) in [5, 5.41) is 3.21. The zero-order valence-electron chi connectivity index (χ0n) is 33.9. The zero-order chi connectivity index (χ0) is 34.9. The minimum Gasteiger partial charge on any atom is -0.376 e. The van der Waals surface area contributed by atoms with Gasteiger partial charge in [0.25, 0.3) is 0 Å². The Balaban J connectivity index is -0.00000137. The van der Waals surface area contributed by atoms with Crippen molar-refractivity contribution in [3.05, 3.63) is 6.42 Å². The second-order valence-electron chi connectivity index (χ2n) is 17.8. The smallest absolute Gasteiger partial charge is 0.0828 e. The number of hydrogen-bond donors (Lipinski definition) is 1. The standard InChI is InChI=1S/C30H60NO2S.C10H22.Y/c1-16-25(4,5)22-26(6,7)30(14,15)33-20-19-27(8,9)31-24(32)17-18-28(10,11)34-29(12,13)21-23(2)3;1-3-5-7-9-10-8-6-4-2;/h17,23H,16,18-22H2,1-15H3,(H,31,32);3-10H2,1-2H3;/q-1;;. The summed E-state index contributed by atoms with van der Waals surface area (Å²) in [4.78, 5) is 12.7. The first-order valence-corrected chi connectivity index (χ1v) is 19.2. The molecule has 0 aromatic carbocycles. The molecule has 0 spiro atoms. The molecule has 0 bridgehead atoms. The first-order chi connectivity index (χ1) is 19.9. The average molecular weight is 730 g/mol. The van der Waals surface area contributed by atoms with Crippen molar-refractivity contribution in [1.29, 1.82) is 0 Å². The van der Waals surface area contributed by atoms with Gasteiger partial charge in [0.1, 0.15) is 0 Å². The average Bonchev–Trinajstić information content (AvgIpc) is 2.82. The van der Waals surface area contributed by atoms with Crippen LogP contribution in [-0.4, -0.2) is 33.1 Å². The van der Waals surface area contributed by atoms with Crippen molar-refractivity contribution in [2.75, 3.05) is 6.61 Å². The van der Waals surface area contributed by atoms with Crippen LogP contribution in [0.5, 0.6) is 0 Å². The van der Waals surface area contributed by atoms with Gasteiger partial charge in [-0.15, -0.1) is 6.42 Å². The Morgan fingerprint density at radius 2 is 1.22 bits per heavy atom. The third-order valence-corrected chi connectivity index (χ3v) is 10.8. The van der Waals surface area contributed by atoms with Crippen molar-refractivity contribution in [2.24, 2.45) is 16.7 Å². The molecular formula is C40H82NO2SY-. The number of hydrogen-bond acceptors (Lipinski definition) is 3. The van der Waals surface area contributed by atoms with Crippen molar-refractivity contribution >= 4 is 17.7 Å². The summed E-state index contributed by atoms with van der Waals surface area (Å²) >= 11 is 1.99. The van der Waals surface area contributed by atoms with E-state index >= 15 is 0 Å². The number of nitrogens with one attached hydrogen (secondary N) is 1. The molecule has 1 radical (unpaired) electrons. The van der Waals surface area contributed by atoms with E-state index in [4.69, 9.17) is 4.74 Å². The molecule has 0 unspecified atom stereocenters. The summed E-state index contributed by atoms with van der Waals surface area (Å²) in [6.07, 6.45) is 18.3. The van der Waals surface area contributed by atoms with E-state index in [-0.39, 0.29) is 64.7 Å². The summed E-state index contributed by atoms with van der Waals surface area (Å²) in [6, 6.07) is 0. The van der Waals surface area contributed by atoms with Gasteiger partial charge in [0.2, 0.25) is 0 Å². The number of carbonyl (C=O) groups excluding carboxylic acids is 1. The monoisotopic (exact) mass is 730 g/mol. The maximum absolute atomic E-state index is 12.7. The van der Waals surface area contributed by atoms with E-state index in [2.05, 4.69) is 123 Å². The molecule has 0 aliphatic carbocycles. The van der Waals surface area contributed by atoms with Crippen molar-refractivity contribution in [3.8, 4) is 0 Å². The number of ether oxygens (including phenoxy) is 1. The van der Waals surface area contributed by atoms with Crippen molar-refractivity contribution in [1.82, 2.24) is 5.32 Å². The fraction of sp³-hybridized carbons (Fsp3) is 0.950. The van der Waals surface area contributed by atoms with Crippen LogP contribution < -0.4 is 5.32 Å². The largest absolute Gasteiger partial charge is 0.376 e. The normalized spacial score (nSPS) is 13.2. The Bertz CT molecular complexity index is 747. The molecule has 0 heterocycles. The number of unbranched alkanes of at least 4 members (excludes halogenated alkanes) is 7. The van der Waals surface area contributed by atoms with E-state index < -0.39 is 0 Å². The van der Waals surface area contributed by atoms with Gasteiger partial charge in [-0.3, -0.25) is 0 Å². The fourth-order valence-corrected chi connectivity index (χ4v) is 8.18. The Morgan fingerprint density at radius 1 is 0.756 bits per heavy atom. The molecule has 1 amide bonds. The topological polar surface area (TPSA) is 38.3 Å². The van der Waals surface area contributed by atoms with Gasteiger partial charge in [0, 0.05) is 49.6 Å². The molecule has 0 aliphatic rings. The van der Waals surface area contributed by atoms with E-state index in [0.29, 0.717) is 17.9 Å². The predicted octanol–water partition coefficient (Wildman–Crippen LogP) is 13.0. The Kier molecular flexibility index (Phi) is 25.9.